The molecule has 0 N–H and O–H groups in total. The molecule has 0 radical (unpaired) electrons. The third-order valence-electron chi connectivity index (χ3n) is 4.54. The van der Waals surface area contributed by atoms with Crippen LogP contribution in [0.2, 0.25) is 0 Å². The lowest BCUT2D eigenvalue weighted by molar-refractivity contribution is 0.0471. The molecule has 29 heavy (non-hydrogen) atoms. The summed E-state index contributed by atoms with van der Waals surface area (Å²) in [7, 11) is -3.41. The van der Waals surface area contributed by atoms with Crippen LogP contribution in [0.1, 0.15) is 27.0 Å². The van der Waals surface area contributed by atoms with Gasteiger partial charge in [-0.25, -0.2) is 13.2 Å². The lowest BCUT2D eigenvalue weighted by Crippen LogP contribution is -2.09. The van der Waals surface area contributed by atoms with Crippen LogP contribution < -0.4 is 0 Å². The van der Waals surface area contributed by atoms with Gasteiger partial charge in [0.2, 0.25) is 0 Å². The summed E-state index contributed by atoms with van der Waals surface area (Å²) < 4.78 is 28.8. The van der Waals surface area contributed by atoms with Crippen molar-refractivity contribution in [3.8, 4) is 17.2 Å². The highest BCUT2D eigenvalue weighted by atomic mass is 32.2. The van der Waals surface area contributed by atoms with E-state index in [1.165, 1.54) is 12.1 Å². The molecule has 5 nitrogen and oxygen atoms in total. The molecule has 6 heteroatoms. The van der Waals surface area contributed by atoms with E-state index in [0.29, 0.717) is 11.1 Å². The lowest BCUT2D eigenvalue weighted by Gasteiger charge is -2.10. The van der Waals surface area contributed by atoms with E-state index in [1.54, 1.807) is 19.1 Å². The summed E-state index contributed by atoms with van der Waals surface area (Å²) in [5, 5.41) is 9.23. The first-order valence-corrected chi connectivity index (χ1v) is 10.7. The quantitative estimate of drug-likeness (QED) is 0.591. The van der Waals surface area contributed by atoms with Crippen molar-refractivity contribution >= 4 is 15.8 Å². The molecule has 0 atom stereocenters. The predicted molar refractivity (Wildman–Crippen MR) is 110 cm³/mol. The van der Waals surface area contributed by atoms with Gasteiger partial charge < -0.3 is 4.74 Å². The van der Waals surface area contributed by atoms with E-state index in [0.717, 1.165) is 22.9 Å². The van der Waals surface area contributed by atoms with Crippen molar-refractivity contribution in [2.24, 2.45) is 0 Å². The van der Waals surface area contributed by atoms with Gasteiger partial charge in [-0.2, -0.15) is 5.26 Å². The molecule has 146 valence electrons. The topological polar surface area (TPSA) is 84.2 Å². The highest BCUT2D eigenvalue weighted by molar-refractivity contribution is 7.90. The van der Waals surface area contributed by atoms with Crippen molar-refractivity contribution in [1.29, 1.82) is 5.26 Å². The molecule has 0 unspecified atom stereocenters. The molecule has 0 fully saturated rings. The summed E-state index contributed by atoms with van der Waals surface area (Å²) in [6, 6.07) is 21.3. The molecule has 3 aromatic rings. The first kappa shape index (κ1) is 20.3. The molecule has 0 heterocycles. The van der Waals surface area contributed by atoms with E-state index in [9.17, 15) is 18.5 Å². The highest BCUT2D eigenvalue weighted by Crippen LogP contribution is 2.24. The average Bonchev–Trinajstić information content (AvgIpc) is 2.72. The normalized spacial score (nSPS) is 10.9. The Hall–Kier alpha value is -3.43. The molecular formula is C23H19NO4S. The van der Waals surface area contributed by atoms with Crippen molar-refractivity contribution in [1.82, 2.24) is 0 Å². The Morgan fingerprint density at radius 2 is 1.72 bits per heavy atom. The number of ether oxygens (including phenoxy) is 1. The van der Waals surface area contributed by atoms with Crippen LogP contribution in [0.25, 0.3) is 11.1 Å². The number of rotatable bonds is 5. The van der Waals surface area contributed by atoms with Crippen LogP contribution in [0, 0.1) is 18.3 Å². The first-order valence-electron chi connectivity index (χ1n) is 8.86. The minimum atomic E-state index is -3.41. The van der Waals surface area contributed by atoms with E-state index < -0.39 is 15.8 Å². The number of hydrogen-bond acceptors (Lipinski definition) is 5. The second kappa shape index (κ2) is 8.29. The first-order chi connectivity index (χ1) is 13.8. The molecule has 3 rings (SSSR count). The molecule has 0 aromatic heterocycles. The number of esters is 1. The largest absolute Gasteiger partial charge is 0.457 e. The van der Waals surface area contributed by atoms with Crippen LogP contribution >= 0.6 is 0 Å². The Balaban J connectivity index is 1.74. The zero-order chi connectivity index (χ0) is 21.0. The minimum Gasteiger partial charge on any atom is -0.457 e. The van der Waals surface area contributed by atoms with Gasteiger partial charge in [-0.1, -0.05) is 48.5 Å². The maximum atomic E-state index is 12.4. The van der Waals surface area contributed by atoms with Crippen molar-refractivity contribution in [2.45, 2.75) is 18.4 Å². The average molecular weight is 405 g/mol. The van der Waals surface area contributed by atoms with Crippen LogP contribution in [-0.4, -0.2) is 20.6 Å². The minimum absolute atomic E-state index is 0.0571. The van der Waals surface area contributed by atoms with E-state index in [1.807, 2.05) is 42.5 Å². The van der Waals surface area contributed by atoms with Crippen LogP contribution in [-0.2, 0) is 21.2 Å². The molecule has 3 aromatic carbocycles. The summed E-state index contributed by atoms with van der Waals surface area (Å²) in [5.41, 5.74) is 3.99. The number of carbonyl (C=O) groups is 1. The summed E-state index contributed by atoms with van der Waals surface area (Å²) in [6.07, 6.45) is 1.10. The summed E-state index contributed by atoms with van der Waals surface area (Å²) in [4.78, 5) is 12.5. The van der Waals surface area contributed by atoms with Crippen molar-refractivity contribution in [2.75, 3.05) is 6.26 Å². The SMILES string of the molecule is Cc1ccc(S(C)(=O)=O)cc1C(=O)OCc1ccc(-c2ccccc2C#N)cc1. The van der Waals surface area contributed by atoms with Crippen LogP contribution in [0.4, 0.5) is 0 Å². The van der Waals surface area contributed by atoms with Gasteiger partial charge in [0.1, 0.15) is 6.61 Å². The number of aryl methyl sites for hydroxylation is 1. The van der Waals surface area contributed by atoms with Gasteiger partial charge in [0.05, 0.1) is 22.1 Å². The smallest absolute Gasteiger partial charge is 0.338 e. The Morgan fingerprint density at radius 3 is 2.38 bits per heavy atom. The number of sulfone groups is 1. The second-order valence-electron chi connectivity index (χ2n) is 6.68. The Kier molecular flexibility index (Phi) is 5.81. The van der Waals surface area contributed by atoms with Crippen LogP contribution in [0.3, 0.4) is 0 Å². The van der Waals surface area contributed by atoms with Gasteiger partial charge in [-0.15, -0.1) is 0 Å². The standard InChI is InChI=1S/C23H19NO4S/c1-16-7-12-20(29(2,26)27)13-22(16)23(25)28-15-17-8-10-18(11-9-17)21-6-4-3-5-19(21)14-24/h3-13H,15H2,1-2H3. The number of nitrogens with zero attached hydrogens (tertiary/aromatic N) is 1. The third kappa shape index (κ3) is 4.71. The number of benzene rings is 3. The fourth-order valence-corrected chi connectivity index (χ4v) is 3.54. The fraction of sp³-hybridized carbons (Fsp3) is 0.130. The molecular weight excluding hydrogens is 386 g/mol. The zero-order valence-corrected chi connectivity index (χ0v) is 16.9. The van der Waals surface area contributed by atoms with Crippen LogP contribution in [0.5, 0.6) is 0 Å². The third-order valence-corrected chi connectivity index (χ3v) is 5.65. The van der Waals surface area contributed by atoms with Gasteiger partial charge in [0, 0.05) is 6.26 Å². The summed E-state index contributed by atoms with van der Waals surface area (Å²) in [5.74, 6) is -0.577. The molecule has 0 aliphatic rings. The van der Waals surface area contributed by atoms with Gasteiger partial charge in [-0.3, -0.25) is 0 Å². The summed E-state index contributed by atoms with van der Waals surface area (Å²) >= 11 is 0. The Labute approximate surface area is 170 Å². The Morgan fingerprint density at radius 1 is 1.03 bits per heavy atom. The van der Waals surface area contributed by atoms with Crippen LogP contribution in [0.15, 0.2) is 71.6 Å². The van der Waals surface area contributed by atoms with E-state index >= 15 is 0 Å². The highest BCUT2D eigenvalue weighted by Gasteiger charge is 2.16. The molecule has 0 saturated heterocycles. The zero-order valence-electron chi connectivity index (χ0n) is 16.0. The van der Waals surface area contributed by atoms with Gasteiger partial charge in [0.25, 0.3) is 0 Å². The van der Waals surface area contributed by atoms with Crippen molar-refractivity contribution in [3.05, 3.63) is 89.0 Å². The van der Waals surface area contributed by atoms with E-state index in [4.69, 9.17) is 4.74 Å². The summed E-state index contributed by atoms with van der Waals surface area (Å²) in [6.45, 7) is 1.78. The molecule has 0 aliphatic heterocycles. The fourth-order valence-electron chi connectivity index (χ4n) is 2.89. The molecule has 0 spiro atoms. The number of hydrogen-bond donors (Lipinski definition) is 0. The lowest BCUT2D eigenvalue weighted by atomic mass is 9.99. The second-order valence-corrected chi connectivity index (χ2v) is 8.70. The van der Waals surface area contributed by atoms with Gasteiger partial charge in [0.15, 0.2) is 9.84 Å². The van der Waals surface area contributed by atoms with Gasteiger partial charge in [-0.05, 0) is 47.4 Å². The number of nitriles is 1. The molecule has 0 bridgehead atoms. The van der Waals surface area contributed by atoms with E-state index in [-0.39, 0.29) is 17.1 Å². The maximum absolute atomic E-state index is 12.4. The number of carbonyl (C=O) groups excluding carboxylic acids is 1. The Bertz CT molecular complexity index is 1210. The predicted octanol–water partition coefficient (Wildman–Crippen LogP) is 4.29. The van der Waals surface area contributed by atoms with Crippen molar-refractivity contribution in [3.63, 3.8) is 0 Å². The molecule has 0 aliphatic carbocycles. The van der Waals surface area contributed by atoms with Gasteiger partial charge >= 0.3 is 5.97 Å². The molecule has 0 amide bonds. The maximum Gasteiger partial charge on any atom is 0.338 e. The van der Waals surface area contributed by atoms with E-state index in [2.05, 4.69) is 6.07 Å². The van der Waals surface area contributed by atoms with Crippen molar-refractivity contribution < 1.29 is 17.9 Å². The molecule has 0 saturated carbocycles. The monoisotopic (exact) mass is 405 g/mol.